The SMILES string of the molecule is CCCCCCCCCCCCCCNC(=O)[C@@H]1CN(C(=O)c2ccc(C(=O)N3C[C@@H](C(=O)NC4C[C@@H]4c4ccccc4)[C@H](C(=O)N[C@H]4C[C@@H]4c4ccccc4)C3)cc2)C[C@H]1NC(C)=O. The summed E-state index contributed by atoms with van der Waals surface area (Å²) in [5.74, 6) is -3.07. The molecule has 4 aliphatic rings. The molecular formula is C53H70N6O6. The van der Waals surface area contributed by atoms with Gasteiger partial charge in [0.25, 0.3) is 11.8 Å². The van der Waals surface area contributed by atoms with Crippen LogP contribution in [-0.4, -0.2) is 96.1 Å². The van der Waals surface area contributed by atoms with Gasteiger partial charge in [-0.25, -0.2) is 0 Å². The van der Waals surface area contributed by atoms with Crippen molar-refractivity contribution in [1.29, 1.82) is 0 Å². The lowest BCUT2D eigenvalue weighted by atomic mass is 9.94. The van der Waals surface area contributed by atoms with Crippen molar-refractivity contribution < 1.29 is 28.8 Å². The summed E-state index contributed by atoms with van der Waals surface area (Å²) in [7, 11) is 0. The van der Waals surface area contributed by atoms with Gasteiger partial charge >= 0.3 is 0 Å². The number of rotatable bonds is 23. The topological polar surface area (TPSA) is 157 Å². The van der Waals surface area contributed by atoms with Crippen LogP contribution in [0.5, 0.6) is 0 Å². The Morgan fingerprint density at radius 1 is 0.477 bits per heavy atom. The Labute approximate surface area is 385 Å². The molecule has 12 heteroatoms. The molecule has 0 aromatic heterocycles. The summed E-state index contributed by atoms with van der Waals surface area (Å²) in [4.78, 5) is 84.4. The third kappa shape index (κ3) is 13.1. The Kier molecular flexibility index (Phi) is 16.9. The van der Waals surface area contributed by atoms with Crippen molar-refractivity contribution in [3.8, 4) is 0 Å². The molecule has 348 valence electrons. The van der Waals surface area contributed by atoms with Crippen molar-refractivity contribution in [2.75, 3.05) is 32.7 Å². The molecule has 12 nitrogen and oxygen atoms in total. The number of hydrogen-bond donors (Lipinski definition) is 4. The summed E-state index contributed by atoms with van der Waals surface area (Å²) < 4.78 is 0. The van der Waals surface area contributed by atoms with Crippen LogP contribution in [0.15, 0.2) is 84.9 Å². The minimum Gasteiger partial charge on any atom is -0.356 e. The molecule has 2 saturated heterocycles. The highest BCUT2D eigenvalue weighted by molar-refractivity contribution is 5.99. The third-order valence-electron chi connectivity index (χ3n) is 14.0. The summed E-state index contributed by atoms with van der Waals surface area (Å²) in [6.45, 7) is 4.76. The van der Waals surface area contributed by atoms with E-state index in [2.05, 4.69) is 52.5 Å². The highest BCUT2D eigenvalue weighted by atomic mass is 16.2. The molecule has 4 N–H and O–H groups in total. The maximum atomic E-state index is 14.0. The van der Waals surface area contributed by atoms with Crippen molar-refractivity contribution >= 4 is 35.4 Å². The first-order chi connectivity index (χ1) is 31.6. The Balaban J connectivity index is 0.907. The van der Waals surface area contributed by atoms with Gasteiger partial charge < -0.3 is 31.1 Å². The van der Waals surface area contributed by atoms with Gasteiger partial charge in [0.15, 0.2) is 0 Å². The van der Waals surface area contributed by atoms with Crippen LogP contribution in [0.25, 0.3) is 0 Å². The molecule has 0 spiro atoms. The summed E-state index contributed by atoms with van der Waals surface area (Å²) in [6, 6.07) is 26.0. The first kappa shape index (κ1) is 47.4. The normalized spacial score (nSPS) is 24.3. The number of amides is 6. The van der Waals surface area contributed by atoms with Crippen LogP contribution in [0.2, 0.25) is 0 Å². The van der Waals surface area contributed by atoms with E-state index < -0.39 is 23.8 Å². The van der Waals surface area contributed by atoms with Crippen molar-refractivity contribution in [1.82, 2.24) is 31.1 Å². The van der Waals surface area contributed by atoms with Gasteiger partial charge in [0, 0.05) is 74.7 Å². The standard InChI is InChI=1S/C53H70N6O6/c1-3-4-5-6-7-8-9-10-11-12-13-20-29-54-49(61)45-34-59(35-48(45)55-36(2)60)53(65)40-27-25-39(26-28-40)52(64)58-32-43(50(62)56-46-30-41(46)37-21-16-14-17-22-37)44(33-58)51(63)57-47-31-42(47)38-23-18-15-19-24-38/h14-19,21-28,41-48H,3-13,20,29-35H2,1-2H3,(H,54,61)(H,55,60)(H,56,62)(H,57,63)/t41-,42-,43-,44-,45-,46+,47?,48-/m1/s1. The van der Waals surface area contributed by atoms with E-state index in [-0.39, 0.29) is 85.5 Å². The average molecular weight is 887 g/mol. The second-order valence-electron chi connectivity index (χ2n) is 19.0. The lowest BCUT2D eigenvalue weighted by Gasteiger charge is -2.18. The largest absolute Gasteiger partial charge is 0.356 e. The Morgan fingerprint density at radius 2 is 0.892 bits per heavy atom. The number of unbranched alkanes of at least 4 members (excludes halogenated alkanes) is 11. The van der Waals surface area contributed by atoms with E-state index >= 15 is 0 Å². The number of carbonyl (C=O) groups is 6. The molecular weight excluding hydrogens is 817 g/mol. The molecule has 2 aliphatic heterocycles. The Bertz CT molecular complexity index is 2010. The van der Waals surface area contributed by atoms with Gasteiger partial charge in [0.1, 0.15) is 0 Å². The van der Waals surface area contributed by atoms with E-state index in [9.17, 15) is 28.8 Å². The van der Waals surface area contributed by atoms with Crippen molar-refractivity contribution in [3.05, 3.63) is 107 Å². The maximum Gasteiger partial charge on any atom is 0.253 e. The Morgan fingerprint density at radius 3 is 1.34 bits per heavy atom. The molecule has 6 amide bonds. The number of nitrogens with one attached hydrogen (secondary N) is 4. The summed E-state index contributed by atoms with van der Waals surface area (Å²) in [5.41, 5.74) is 3.03. The van der Waals surface area contributed by atoms with Crippen LogP contribution >= 0.6 is 0 Å². The van der Waals surface area contributed by atoms with E-state index in [1.165, 1.54) is 75.8 Å². The van der Waals surface area contributed by atoms with Crippen LogP contribution in [0.1, 0.15) is 147 Å². The van der Waals surface area contributed by atoms with Gasteiger partial charge in [-0.15, -0.1) is 0 Å². The molecule has 3 aromatic carbocycles. The number of hydrogen-bond acceptors (Lipinski definition) is 6. The second kappa shape index (κ2) is 23.1. The minimum absolute atomic E-state index is 0.0211. The van der Waals surface area contributed by atoms with Crippen molar-refractivity contribution in [2.45, 2.75) is 134 Å². The van der Waals surface area contributed by atoms with Crippen LogP contribution in [-0.2, 0) is 19.2 Å². The van der Waals surface area contributed by atoms with Crippen LogP contribution in [0.4, 0.5) is 0 Å². The Hall–Kier alpha value is -5.52. The van der Waals surface area contributed by atoms with Gasteiger partial charge in [-0.1, -0.05) is 138 Å². The lowest BCUT2D eigenvalue weighted by molar-refractivity contribution is -0.133. The molecule has 65 heavy (non-hydrogen) atoms. The molecule has 0 radical (unpaired) electrons. The van der Waals surface area contributed by atoms with E-state index in [1.54, 1.807) is 34.1 Å². The average Bonchev–Trinajstić information content (AvgIpc) is 4.17. The molecule has 7 rings (SSSR count). The van der Waals surface area contributed by atoms with Gasteiger partial charge in [-0.3, -0.25) is 28.8 Å². The molecule has 1 unspecified atom stereocenters. The van der Waals surface area contributed by atoms with Gasteiger partial charge in [0.2, 0.25) is 23.6 Å². The molecule has 2 heterocycles. The van der Waals surface area contributed by atoms with Crippen LogP contribution in [0, 0.1) is 17.8 Å². The minimum atomic E-state index is -0.716. The van der Waals surface area contributed by atoms with Crippen LogP contribution in [0.3, 0.4) is 0 Å². The van der Waals surface area contributed by atoms with Gasteiger partial charge in [0.05, 0.1) is 23.8 Å². The van der Waals surface area contributed by atoms with E-state index in [4.69, 9.17) is 0 Å². The molecule has 2 aliphatic carbocycles. The van der Waals surface area contributed by atoms with E-state index in [0.29, 0.717) is 17.7 Å². The van der Waals surface area contributed by atoms with Gasteiger partial charge in [-0.2, -0.15) is 0 Å². The number of likely N-dealkylation sites (tertiary alicyclic amines) is 2. The van der Waals surface area contributed by atoms with Crippen molar-refractivity contribution in [3.63, 3.8) is 0 Å². The van der Waals surface area contributed by atoms with Crippen LogP contribution < -0.4 is 21.3 Å². The van der Waals surface area contributed by atoms with Gasteiger partial charge in [-0.05, 0) is 54.7 Å². The first-order valence-corrected chi connectivity index (χ1v) is 24.5. The maximum absolute atomic E-state index is 14.0. The number of benzene rings is 3. The fourth-order valence-electron chi connectivity index (χ4n) is 10.00. The monoisotopic (exact) mass is 887 g/mol. The first-order valence-electron chi connectivity index (χ1n) is 24.5. The predicted molar refractivity (Wildman–Crippen MR) is 252 cm³/mol. The zero-order valence-electron chi connectivity index (χ0n) is 38.5. The predicted octanol–water partition coefficient (Wildman–Crippen LogP) is 7.11. The highest BCUT2D eigenvalue weighted by Crippen LogP contribution is 2.42. The number of carbonyl (C=O) groups excluding carboxylic acids is 6. The number of nitrogens with zero attached hydrogens (tertiary/aromatic N) is 2. The zero-order chi connectivity index (χ0) is 45.7. The third-order valence-corrected chi connectivity index (χ3v) is 14.0. The zero-order valence-corrected chi connectivity index (χ0v) is 38.5. The van der Waals surface area contributed by atoms with E-state index in [0.717, 1.165) is 32.1 Å². The fraction of sp³-hybridized carbons (Fsp3) is 0.547. The second-order valence-corrected chi connectivity index (χ2v) is 19.0. The van der Waals surface area contributed by atoms with E-state index in [1.807, 2.05) is 36.4 Å². The smallest absolute Gasteiger partial charge is 0.253 e. The molecule has 8 atom stereocenters. The molecule has 0 bridgehead atoms. The van der Waals surface area contributed by atoms with Crippen molar-refractivity contribution in [2.24, 2.45) is 17.8 Å². The molecule has 3 aromatic rings. The molecule has 4 fully saturated rings. The quantitative estimate of drug-likeness (QED) is 0.0744. The fourth-order valence-corrected chi connectivity index (χ4v) is 10.00. The summed E-state index contributed by atoms with van der Waals surface area (Å²) in [6.07, 6.45) is 16.5. The highest BCUT2D eigenvalue weighted by Gasteiger charge is 2.49. The summed E-state index contributed by atoms with van der Waals surface area (Å²) >= 11 is 0. The molecule has 2 saturated carbocycles. The summed E-state index contributed by atoms with van der Waals surface area (Å²) in [5, 5.41) is 12.3. The lowest BCUT2D eigenvalue weighted by Crippen LogP contribution is -2.45.